The van der Waals surface area contributed by atoms with E-state index in [4.69, 9.17) is 9.47 Å². The summed E-state index contributed by atoms with van der Waals surface area (Å²) in [5.74, 6) is 1.38. The van der Waals surface area contributed by atoms with Gasteiger partial charge in [-0.25, -0.2) is 0 Å². The van der Waals surface area contributed by atoms with E-state index >= 15 is 0 Å². The molecule has 0 aliphatic carbocycles. The summed E-state index contributed by atoms with van der Waals surface area (Å²) in [6, 6.07) is 8.07. The van der Waals surface area contributed by atoms with Crippen LogP contribution in [0.4, 0.5) is 0 Å². The van der Waals surface area contributed by atoms with Crippen LogP contribution in [0.2, 0.25) is 0 Å². The van der Waals surface area contributed by atoms with Crippen LogP contribution in [0, 0.1) is 0 Å². The van der Waals surface area contributed by atoms with E-state index in [1.807, 2.05) is 24.4 Å². The zero-order valence-corrected chi connectivity index (χ0v) is 12.1. The number of aryl methyl sites for hydroxylation is 1. The van der Waals surface area contributed by atoms with Crippen molar-refractivity contribution in [2.75, 3.05) is 14.2 Å². The average molecular weight is 269 g/mol. The molecule has 1 aromatic carbocycles. The summed E-state index contributed by atoms with van der Waals surface area (Å²) in [7, 11) is 3.25. The fourth-order valence-corrected chi connectivity index (χ4v) is 2.15. The van der Waals surface area contributed by atoms with Crippen LogP contribution in [0.5, 0.6) is 11.5 Å². The molecule has 0 bridgehead atoms. The molecule has 0 atom stereocenters. The maximum atomic E-state index is 5.40. The summed E-state index contributed by atoms with van der Waals surface area (Å²) in [6.07, 6.45) is 4.57. The first kappa shape index (κ1) is 14.1. The van der Waals surface area contributed by atoms with Gasteiger partial charge in [0, 0.05) is 17.3 Å². The summed E-state index contributed by atoms with van der Waals surface area (Å²) in [6.45, 7) is 5.96. The lowest BCUT2D eigenvalue weighted by molar-refractivity contribution is 0.354. The molecule has 0 fully saturated rings. The molecule has 0 saturated heterocycles. The zero-order chi connectivity index (χ0) is 14.5. The Morgan fingerprint density at radius 3 is 2.60 bits per heavy atom. The predicted molar refractivity (Wildman–Crippen MR) is 82.2 cm³/mol. The summed E-state index contributed by atoms with van der Waals surface area (Å²) < 4.78 is 10.8. The summed E-state index contributed by atoms with van der Waals surface area (Å²) in [4.78, 5) is 4.43. The number of rotatable bonds is 5. The maximum absolute atomic E-state index is 5.40. The van der Waals surface area contributed by atoms with Crippen molar-refractivity contribution in [2.45, 2.75) is 13.3 Å². The van der Waals surface area contributed by atoms with Gasteiger partial charge in [-0.05, 0) is 36.2 Å². The Labute approximate surface area is 119 Å². The quantitative estimate of drug-likeness (QED) is 0.823. The molecule has 2 rings (SSSR count). The largest absolute Gasteiger partial charge is 0.493 e. The standard InChI is InChI=1S/C17H19NO2/c1-5-12-7-8-18-15(9-12)14-10-13(6-2)17(20-4)16(11-14)19-3/h6-11H,2,5H2,1,3-4H3. The third-order valence-corrected chi connectivity index (χ3v) is 3.26. The van der Waals surface area contributed by atoms with Crippen molar-refractivity contribution in [2.24, 2.45) is 0 Å². The molecule has 0 N–H and O–H groups in total. The Morgan fingerprint density at radius 2 is 2.00 bits per heavy atom. The van der Waals surface area contributed by atoms with Crippen molar-refractivity contribution in [3.8, 4) is 22.8 Å². The van der Waals surface area contributed by atoms with Gasteiger partial charge in [0.25, 0.3) is 0 Å². The van der Waals surface area contributed by atoms with Gasteiger partial charge in [-0.15, -0.1) is 0 Å². The van der Waals surface area contributed by atoms with Crippen molar-refractivity contribution in [3.63, 3.8) is 0 Å². The molecule has 0 unspecified atom stereocenters. The van der Waals surface area contributed by atoms with Crippen LogP contribution < -0.4 is 9.47 Å². The van der Waals surface area contributed by atoms with Gasteiger partial charge in [-0.2, -0.15) is 0 Å². The molecule has 1 aromatic heterocycles. The van der Waals surface area contributed by atoms with Gasteiger partial charge < -0.3 is 9.47 Å². The lowest BCUT2D eigenvalue weighted by Crippen LogP contribution is -1.95. The molecule has 0 amide bonds. The first-order chi connectivity index (χ1) is 9.73. The Hall–Kier alpha value is -2.29. The maximum Gasteiger partial charge on any atom is 0.167 e. The monoisotopic (exact) mass is 269 g/mol. The Bertz CT molecular complexity index is 620. The Kier molecular flexibility index (Phi) is 4.41. The molecule has 20 heavy (non-hydrogen) atoms. The first-order valence-electron chi connectivity index (χ1n) is 6.57. The third-order valence-electron chi connectivity index (χ3n) is 3.26. The minimum absolute atomic E-state index is 0.684. The number of hydrogen-bond acceptors (Lipinski definition) is 3. The van der Waals surface area contributed by atoms with Crippen LogP contribution in [-0.4, -0.2) is 19.2 Å². The van der Waals surface area contributed by atoms with Crippen molar-refractivity contribution in [3.05, 3.63) is 48.2 Å². The van der Waals surface area contributed by atoms with E-state index in [1.54, 1.807) is 20.3 Å². The molecule has 3 heteroatoms. The molecule has 0 aliphatic heterocycles. The number of pyridine rings is 1. The smallest absolute Gasteiger partial charge is 0.167 e. The molecular weight excluding hydrogens is 250 g/mol. The molecule has 1 heterocycles. The first-order valence-corrected chi connectivity index (χ1v) is 6.57. The van der Waals surface area contributed by atoms with Gasteiger partial charge in [-0.1, -0.05) is 19.6 Å². The summed E-state index contributed by atoms with van der Waals surface area (Å²) >= 11 is 0. The second kappa shape index (κ2) is 6.24. The number of hydrogen-bond donors (Lipinski definition) is 0. The highest BCUT2D eigenvalue weighted by Gasteiger charge is 2.12. The number of aromatic nitrogens is 1. The lowest BCUT2D eigenvalue weighted by atomic mass is 10.0. The fourth-order valence-electron chi connectivity index (χ4n) is 2.15. The Balaban J connectivity index is 2.59. The molecule has 2 aromatic rings. The van der Waals surface area contributed by atoms with E-state index in [0.717, 1.165) is 23.2 Å². The van der Waals surface area contributed by atoms with Gasteiger partial charge in [-0.3, -0.25) is 4.98 Å². The van der Waals surface area contributed by atoms with Crippen molar-refractivity contribution < 1.29 is 9.47 Å². The number of methoxy groups -OCH3 is 2. The second-order valence-electron chi connectivity index (χ2n) is 4.41. The highest BCUT2D eigenvalue weighted by atomic mass is 16.5. The van der Waals surface area contributed by atoms with Gasteiger partial charge in [0.15, 0.2) is 11.5 Å². The number of nitrogens with zero attached hydrogens (tertiary/aromatic N) is 1. The van der Waals surface area contributed by atoms with Crippen molar-refractivity contribution >= 4 is 6.08 Å². The molecule has 3 nitrogen and oxygen atoms in total. The molecule has 0 aliphatic rings. The van der Waals surface area contributed by atoms with E-state index < -0.39 is 0 Å². The molecule has 0 radical (unpaired) electrons. The zero-order valence-electron chi connectivity index (χ0n) is 12.1. The summed E-state index contributed by atoms with van der Waals surface area (Å²) in [5, 5.41) is 0. The molecule has 104 valence electrons. The lowest BCUT2D eigenvalue weighted by Gasteiger charge is -2.13. The van der Waals surface area contributed by atoms with Crippen LogP contribution in [-0.2, 0) is 6.42 Å². The van der Waals surface area contributed by atoms with Gasteiger partial charge in [0.1, 0.15) is 0 Å². The van der Waals surface area contributed by atoms with Crippen LogP contribution >= 0.6 is 0 Å². The van der Waals surface area contributed by atoms with Crippen molar-refractivity contribution in [1.29, 1.82) is 0 Å². The normalized spacial score (nSPS) is 10.2. The van der Waals surface area contributed by atoms with E-state index in [2.05, 4.69) is 24.6 Å². The predicted octanol–water partition coefficient (Wildman–Crippen LogP) is 3.97. The highest BCUT2D eigenvalue weighted by Crippen LogP contribution is 2.36. The van der Waals surface area contributed by atoms with Gasteiger partial charge in [0.2, 0.25) is 0 Å². The number of ether oxygens (including phenoxy) is 2. The van der Waals surface area contributed by atoms with Crippen LogP contribution in [0.1, 0.15) is 18.1 Å². The van der Waals surface area contributed by atoms with E-state index in [9.17, 15) is 0 Å². The van der Waals surface area contributed by atoms with Gasteiger partial charge in [0.05, 0.1) is 19.9 Å². The molecular formula is C17H19NO2. The SMILES string of the molecule is C=Cc1cc(-c2cc(CC)ccn2)cc(OC)c1OC. The van der Waals surface area contributed by atoms with E-state index in [-0.39, 0.29) is 0 Å². The number of benzene rings is 1. The Morgan fingerprint density at radius 1 is 1.20 bits per heavy atom. The van der Waals surface area contributed by atoms with E-state index in [0.29, 0.717) is 11.5 Å². The topological polar surface area (TPSA) is 31.4 Å². The highest BCUT2D eigenvalue weighted by molar-refractivity contribution is 5.72. The second-order valence-corrected chi connectivity index (χ2v) is 4.41. The van der Waals surface area contributed by atoms with Crippen LogP contribution in [0.3, 0.4) is 0 Å². The minimum atomic E-state index is 0.684. The minimum Gasteiger partial charge on any atom is -0.493 e. The molecule has 0 saturated carbocycles. The van der Waals surface area contributed by atoms with Crippen LogP contribution in [0.25, 0.3) is 17.3 Å². The molecule has 0 spiro atoms. The average Bonchev–Trinajstić information content (AvgIpc) is 2.53. The van der Waals surface area contributed by atoms with E-state index in [1.165, 1.54) is 5.56 Å². The summed E-state index contributed by atoms with van der Waals surface area (Å²) in [5.41, 5.74) is 4.07. The van der Waals surface area contributed by atoms with Crippen LogP contribution in [0.15, 0.2) is 37.0 Å². The third kappa shape index (κ3) is 2.67. The van der Waals surface area contributed by atoms with Crippen molar-refractivity contribution in [1.82, 2.24) is 4.98 Å². The fraction of sp³-hybridized carbons (Fsp3) is 0.235. The van der Waals surface area contributed by atoms with Gasteiger partial charge >= 0.3 is 0 Å².